The quantitative estimate of drug-likeness (QED) is 0.842. The number of likely N-dealkylation sites (tertiary alicyclic amines) is 1. The first-order valence-electron chi connectivity index (χ1n) is 8.28. The van der Waals surface area contributed by atoms with Crippen molar-refractivity contribution in [3.05, 3.63) is 12.0 Å². The van der Waals surface area contributed by atoms with Gasteiger partial charge in [-0.25, -0.2) is 13.1 Å². The fourth-order valence-corrected chi connectivity index (χ4v) is 4.22. The number of sulfonamides is 1. The van der Waals surface area contributed by atoms with E-state index in [0.29, 0.717) is 13.1 Å². The van der Waals surface area contributed by atoms with Gasteiger partial charge in [-0.3, -0.25) is 4.79 Å². The second kappa shape index (κ2) is 7.13. The number of nitrogens with one attached hydrogen (secondary N) is 1. The Morgan fingerprint density at radius 1 is 1.32 bits per heavy atom. The van der Waals surface area contributed by atoms with Crippen LogP contribution in [0.25, 0.3) is 0 Å². The zero-order chi connectivity index (χ0) is 16.2. The molecule has 2 fully saturated rings. The number of piperidine rings is 1. The Hall–Kier alpha value is -0.880. The molecule has 2 rings (SSSR count). The van der Waals surface area contributed by atoms with Gasteiger partial charge in [-0.05, 0) is 31.6 Å². The number of nitrogens with zero attached hydrogens (tertiary/aromatic N) is 1. The van der Waals surface area contributed by atoms with Crippen LogP contribution >= 0.6 is 0 Å². The maximum Gasteiger partial charge on any atom is 0.233 e. The van der Waals surface area contributed by atoms with Crippen LogP contribution in [-0.2, 0) is 14.8 Å². The third-order valence-corrected chi connectivity index (χ3v) is 6.08. The summed E-state index contributed by atoms with van der Waals surface area (Å²) in [5, 5.41) is 0.932. The summed E-state index contributed by atoms with van der Waals surface area (Å²) in [7, 11) is -3.38. The molecule has 1 aliphatic heterocycles. The summed E-state index contributed by atoms with van der Waals surface area (Å²) in [6, 6.07) is 0. The molecule has 1 atom stereocenters. The summed E-state index contributed by atoms with van der Waals surface area (Å²) in [6.07, 6.45) is 7.38. The number of amides is 1. The van der Waals surface area contributed by atoms with Gasteiger partial charge in [-0.15, -0.1) is 0 Å². The van der Waals surface area contributed by atoms with Crippen LogP contribution in [0, 0.1) is 11.3 Å². The van der Waals surface area contributed by atoms with Crippen molar-refractivity contribution in [2.24, 2.45) is 11.3 Å². The van der Waals surface area contributed by atoms with E-state index in [-0.39, 0.29) is 17.2 Å². The highest BCUT2D eigenvalue weighted by Crippen LogP contribution is 2.38. The summed E-state index contributed by atoms with van der Waals surface area (Å²) in [5.74, 6) is 0.461. The van der Waals surface area contributed by atoms with E-state index in [1.165, 1.54) is 6.42 Å². The molecule has 1 heterocycles. The Labute approximate surface area is 134 Å². The van der Waals surface area contributed by atoms with Gasteiger partial charge in [0, 0.05) is 30.5 Å². The van der Waals surface area contributed by atoms with E-state index in [1.54, 1.807) is 0 Å². The minimum absolute atomic E-state index is 0.194. The van der Waals surface area contributed by atoms with Crippen molar-refractivity contribution >= 4 is 15.9 Å². The molecule has 126 valence electrons. The van der Waals surface area contributed by atoms with Gasteiger partial charge in [-0.2, -0.15) is 0 Å². The molecule has 1 unspecified atom stereocenters. The minimum atomic E-state index is -3.38. The van der Waals surface area contributed by atoms with Gasteiger partial charge < -0.3 is 4.90 Å². The second-order valence-electron chi connectivity index (χ2n) is 6.94. The SMILES string of the molecule is C=CS(=O)(=O)NCC1CCCN(C(=O)C2(C)CCCCC2)C1. The number of carbonyl (C=O) groups excluding carboxylic acids is 1. The van der Waals surface area contributed by atoms with Gasteiger partial charge in [0.05, 0.1) is 0 Å². The molecule has 1 aliphatic carbocycles. The lowest BCUT2D eigenvalue weighted by molar-refractivity contribution is -0.145. The lowest BCUT2D eigenvalue weighted by Crippen LogP contribution is -2.49. The highest BCUT2D eigenvalue weighted by Gasteiger charge is 2.38. The Morgan fingerprint density at radius 3 is 2.64 bits per heavy atom. The molecule has 1 amide bonds. The first kappa shape index (κ1) is 17.5. The Kier molecular flexibility index (Phi) is 5.66. The highest BCUT2D eigenvalue weighted by atomic mass is 32.2. The smallest absolute Gasteiger partial charge is 0.233 e. The molecule has 6 heteroatoms. The van der Waals surface area contributed by atoms with E-state index < -0.39 is 10.0 Å². The molecule has 0 aromatic heterocycles. The Balaban J connectivity index is 1.92. The van der Waals surface area contributed by atoms with Gasteiger partial charge in [0.15, 0.2) is 0 Å². The van der Waals surface area contributed by atoms with E-state index >= 15 is 0 Å². The summed E-state index contributed by atoms with van der Waals surface area (Å²) in [6.45, 7) is 7.24. The fraction of sp³-hybridized carbons (Fsp3) is 0.812. The minimum Gasteiger partial charge on any atom is -0.342 e. The van der Waals surface area contributed by atoms with E-state index in [0.717, 1.165) is 50.5 Å². The molecule has 0 aromatic carbocycles. The summed E-state index contributed by atoms with van der Waals surface area (Å²) < 4.78 is 25.4. The van der Waals surface area contributed by atoms with Crippen LogP contribution in [0.15, 0.2) is 12.0 Å². The average molecular weight is 328 g/mol. The zero-order valence-electron chi connectivity index (χ0n) is 13.5. The lowest BCUT2D eigenvalue weighted by Gasteiger charge is -2.40. The lowest BCUT2D eigenvalue weighted by atomic mass is 9.74. The molecule has 1 saturated heterocycles. The molecule has 5 nitrogen and oxygen atoms in total. The van der Waals surface area contributed by atoms with E-state index in [9.17, 15) is 13.2 Å². The number of rotatable bonds is 5. The van der Waals surface area contributed by atoms with Crippen LogP contribution in [0.2, 0.25) is 0 Å². The molecular weight excluding hydrogens is 300 g/mol. The molecule has 0 aromatic rings. The predicted octanol–water partition coefficient (Wildman–Crippen LogP) is 2.26. The summed E-state index contributed by atoms with van der Waals surface area (Å²) in [5.41, 5.74) is -0.208. The third-order valence-electron chi connectivity index (χ3n) is 5.07. The molecule has 2 aliphatic rings. The number of hydrogen-bond donors (Lipinski definition) is 1. The maximum absolute atomic E-state index is 12.8. The van der Waals surface area contributed by atoms with Gasteiger partial charge in [0.2, 0.25) is 15.9 Å². The summed E-state index contributed by atoms with van der Waals surface area (Å²) in [4.78, 5) is 14.8. The van der Waals surface area contributed by atoms with E-state index in [1.807, 2.05) is 4.90 Å². The average Bonchev–Trinajstić information content (AvgIpc) is 2.53. The third kappa shape index (κ3) is 4.32. The van der Waals surface area contributed by atoms with Crippen molar-refractivity contribution in [1.82, 2.24) is 9.62 Å². The number of carbonyl (C=O) groups is 1. The van der Waals surface area contributed by atoms with Gasteiger partial charge in [-0.1, -0.05) is 32.8 Å². The second-order valence-corrected chi connectivity index (χ2v) is 8.65. The van der Waals surface area contributed by atoms with Crippen molar-refractivity contribution in [2.75, 3.05) is 19.6 Å². The predicted molar refractivity (Wildman–Crippen MR) is 87.6 cm³/mol. The molecule has 1 saturated carbocycles. The van der Waals surface area contributed by atoms with Crippen molar-refractivity contribution in [3.63, 3.8) is 0 Å². The van der Waals surface area contributed by atoms with Gasteiger partial charge >= 0.3 is 0 Å². The van der Waals surface area contributed by atoms with Crippen molar-refractivity contribution < 1.29 is 13.2 Å². The van der Waals surface area contributed by atoms with Crippen LogP contribution in [0.3, 0.4) is 0 Å². The van der Waals surface area contributed by atoms with Crippen molar-refractivity contribution in [2.45, 2.75) is 51.9 Å². The first-order chi connectivity index (χ1) is 10.4. The van der Waals surface area contributed by atoms with Crippen LogP contribution in [0.4, 0.5) is 0 Å². The molecule has 1 N–H and O–H groups in total. The van der Waals surface area contributed by atoms with Crippen LogP contribution in [-0.4, -0.2) is 38.9 Å². The van der Waals surface area contributed by atoms with Crippen LogP contribution in [0.1, 0.15) is 51.9 Å². The normalized spacial score (nSPS) is 25.7. The molecule has 0 bridgehead atoms. The molecule has 0 radical (unpaired) electrons. The Morgan fingerprint density at radius 2 is 2.00 bits per heavy atom. The molecule has 0 spiro atoms. The van der Waals surface area contributed by atoms with Crippen LogP contribution in [0.5, 0.6) is 0 Å². The monoisotopic (exact) mass is 328 g/mol. The summed E-state index contributed by atoms with van der Waals surface area (Å²) >= 11 is 0. The van der Waals surface area contributed by atoms with E-state index in [2.05, 4.69) is 18.2 Å². The standard InChI is InChI=1S/C16H28N2O3S/c1-3-22(20,21)17-12-14-8-7-11-18(13-14)15(19)16(2)9-5-4-6-10-16/h3,14,17H,1,4-13H2,2H3. The van der Waals surface area contributed by atoms with Crippen LogP contribution < -0.4 is 4.72 Å². The fourth-order valence-electron chi connectivity index (χ4n) is 3.64. The first-order valence-corrected chi connectivity index (χ1v) is 9.82. The maximum atomic E-state index is 12.8. The largest absolute Gasteiger partial charge is 0.342 e. The Bertz CT molecular complexity index is 509. The molecule has 22 heavy (non-hydrogen) atoms. The van der Waals surface area contributed by atoms with Gasteiger partial charge in [0.25, 0.3) is 0 Å². The van der Waals surface area contributed by atoms with Gasteiger partial charge in [0.1, 0.15) is 0 Å². The van der Waals surface area contributed by atoms with Crippen molar-refractivity contribution in [3.8, 4) is 0 Å². The topological polar surface area (TPSA) is 66.5 Å². The zero-order valence-corrected chi connectivity index (χ0v) is 14.3. The van der Waals surface area contributed by atoms with E-state index in [4.69, 9.17) is 0 Å². The highest BCUT2D eigenvalue weighted by molar-refractivity contribution is 7.92. The van der Waals surface area contributed by atoms with Crippen molar-refractivity contribution in [1.29, 1.82) is 0 Å². The molecular formula is C16H28N2O3S. The number of hydrogen-bond acceptors (Lipinski definition) is 3.